The number of hydrogen-bond donors (Lipinski definition) is 5. The first-order valence-electron chi connectivity index (χ1n) is 13.2. The zero-order chi connectivity index (χ0) is 29.8. The van der Waals surface area contributed by atoms with Crippen LogP contribution in [0.25, 0.3) is 10.8 Å². The van der Waals surface area contributed by atoms with E-state index in [-0.39, 0.29) is 11.3 Å². The number of fused-ring (bicyclic) bond motifs is 1. The summed E-state index contributed by atoms with van der Waals surface area (Å²) in [6.45, 7) is 1.93. The number of carbonyl (C=O) groups excluding carboxylic acids is 1. The first-order chi connectivity index (χ1) is 20.2. The Balaban J connectivity index is 1.49. The molecule has 0 atom stereocenters. The minimum atomic E-state index is -0.426. The Bertz CT molecular complexity index is 1790. The molecule has 1 amide bonds. The molecule has 9 heteroatoms. The predicted octanol–water partition coefficient (Wildman–Crippen LogP) is 7.25. The number of aromatic hydroxyl groups is 1. The molecule has 0 radical (unpaired) electrons. The van der Waals surface area contributed by atoms with Gasteiger partial charge in [-0.05, 0) is 71.8 Å². The van der Waals surface area contributed by atoms with Crippen molar-refractivity contribution in [3.05, 3.63) is 114 Å². The molecular weight excluding hydrogens is 530 g/mol. The number of carbonyl (C=O) groups is 1. The number of hydrogen-bond acceptors (Lipinski definition) is 8. The van der Waals surface area contributed by atoms with Gasteiger partial charge in [0.05, 0.1) is 28.3 Å². The van der Waals surface area contributed by atoms with E-state index in [2.05, 4.69) is 10.6 Å². The lowest BCUT2D eigenvalue weighted by atomic mass is 9.99. The highest BCUT2D eigenvalue weighted by molar-refractivity contribution is 6.13. The lowest BCUT2D eigenvalue weighted by molar-refractivity contribution is 0.102. The Morgan fingerprint density at radius 1 is 0.833 bits per heavy atom. The van der Waals surface area contributed by atoms with E-state index in [1.165, 1.54) is 14.1 Å². The van der Waals surface area contributed by atoms with Crippen LogP contribution < -0.4 is 20.8 Å². The zero-order valence-electron chi connectivity index (χ0n) is 23.4. The van der Waals surface area contributed by atoms with Crippen LogP contribution in [0.15, 0.2) is 102 Å². The van der Waals surface area contributed by atoms with Gasteiger partial charge in [-0.25, -0.2) is 0 Å². The molecule has 42 heavy (non-hydrogen) atoms. The van der Waals surface area contributed by atoms with Gasteiger partial charge in [0, 0.05) is 37.2 Å². The number of phenols is 1. The third-order valence-corrected chi connectivity index (χ3v) is 6.86. The molecule has 0 aliphatic rings. The SMILES string of the molecule is Cc1ccc(Nc2ccc(N(C)O)cc2N(C)O)cc1N=Cc1c(O)c(C(=O)Nc2ccccc2)cc2ccccc12. The number of hydroxylamine groups is 2. The summed E-state index contributed by atoms with van der Waals surface area (Å²) in [4.78, 5) is 17.9. The predicted molar refractivity (Wildman–Crippen MR) is 169 cm³/mol. The molecule has 0 aliphatic carbocycles. The van der Waals surface area contributed by atoms with Crippen LogP contribution in [0.4, 0.5) is 34.1 Å². The van der Waals surface area contributed by atoms with Gasteiger partial charge in [-0.15, -0.1) is 0 Å². The van der Waals surface area contributed by atoms with Crippen molar-refractivity contribution < 1.29 is 20.3 Å². The topological polar surface area (TPSA) is 121 Å². The third kappa shape index (κ3) is 6.02. The Hall–Kier alpha value is -5.38. The molecular formula is C33H31N5O4. The third-order valence-electron chi connectivity index (χ3n) is 6.86. The van der Waals surface area contributed by atoms with Crippen molar-refractivity contribution in [3.8, 4) is 5.75 Å². The summed E-state index contributed by atoms with van der Waals surface area (Å²) in [5.41, 5.74) is 5.04. The van der Waals surface area contributed by atoms with Crippen molar-refractivity contribution in [2.45, 2.75) is 6.92 Å². The largest absolute Gasteiger partial charge is 0.506 e. The summed E-state index contributed by atoms with van der Waals surface area (Å²) in [6, 6.07) is 29.0. The number of nitrogens with one attached hydrogen (secondary N) is 2. The van der Waals surface area contributed by atoms with Gasteiger partial charge in [0.25, 0.3) is 5.91 Å². The number of benzene rings is 5. The molecule has 0 bridgehead atoms. The zero-order valence-corrected chi connectivity index (χ0v) is 23.4. The Labute approximate surface area is 243 Å². The first-order valence-corrected chi connectivity index (χ1v) is 13.2. The van der Waals surface area contributed by atoms with E-state index in [0.717, 1.165) is 26.5 Å². The molecule has 0 heterocycles. The van der Waals surface area contributed by atoms with Crippen LogP contribution >= 0.6 is 0 Å². The minimum absolute atomic E-state index is 0.142. The molecule has 5 aromatic carbocycles. The Kier molecular flexibility index (Phi) is 8.05. The number of amides is 1. The van der Waals surface area contributed by atoms with Gasteiger partial charge in [-0.2, -0.15) is 0 Å². The van der Waals surface area contributed by atoms with Crippen molar-refractivity contribution in [1.82, 2.24) is 0 Å². The van der Waals surface area contributed by atoms with E-state index in [0.29, 0.717) is 39.7 Å². The minimum Gasteiger partial charge on any atom is -0.506 e. The molecule has 5 N–H and O–H groups in total. The molecule has 5 rings (SSSR count). The summed E-state index contributed by atoms with van der Waals surface area (Å²) >= 11 is 0. The number of anilines is 5. The van der Waals surface area contributed by atoms with E-state index < -0.39 is 5.91 Å². The maximum absolute atomic E-state index is 13.1. The fourth-order valence-electron chi connectivity index (χ4n) is 4.60. The van der Waals surface area contributed by atoms with Gasteiger partial charge in [0.1, 0.15) is 5.75 Å². The van der Waals surface area contributed by atoms with Crippen molar-refractivity contribution >= 4 is 57.0 Å². The van der Waals surface area contributed by atoms with Crippen LogP contribution in [-0.4, -0.2) is 41.7 Å². The second kappa shape index (κ2) is 12.0. The van der Waals surface area contributed by atoms with Crippen LogP contribution in [0.1, 0.15) is 21.5 Å². The lowest BCUT2D eigenvalue weighted by Crippen LogP contribution is -2.15. The van der Waals surface area contributed by atoms with Crippen molar-refractivity contribution in [1.29, 1.82) is 0 Å². The first kappa shape index (κ1) is 28.2. The highest BCUT2D eigenvalue weighted by atomic mass is 16.5. The number of rotatable bonds is 8. The maximum atomic E-state index is 13.1. The van der Waals surface area contributed by atoms with Crippen LogP contribution in [0.5, 0.6) is 5.75 Å². The summed E-state index contributed by atoms with van der Waals surface area (Å²) in [6.07, 6.45) is 1.57. The molecule has 0 spiro atoms. The highest BCUT2D eigenvalue weighted by Gasteiger charge is 2.18. The molecule has 0 saturated carbocycles. The number of para-hydroxylation sites is 1. The maximum Gasteiger partial charge on any atom is 0.259 e. The van der Waals surface area contributed by atoms with Gasteiger partial charge in [-0.3, -0.25) is 30.3 Å². The molecule has 0 unspecified atom stereocenters. The monoisotopic (exact) mass is 561 g/mol. The summed E-state index contributed by atoms with van der Waals surface area (Å²) in [7, 11) is 3.00. The van der Waals surface area contributed by atoms with Gasteiger partial charge in [0.2, 0.25) is 0 Å². The smallest absolute Gasteiger partial charge is 0.259 e. The van der Waals surface area contributed by atoms with E-state index in [9.17, 15) is 20.3 Å². The number of aliphatic imine (C=N–C) groups is 1. The quantitative estimate of drug-likeness (QED) is 0.0999. The van der Waals surface area contributed by atoms with E-state index >= 15 is 0 Å². The Morgan fingerprint density at radius 3 is 2.31 bits per heavy atom. The standard InChI is InChI=1S/C33H31N5O4/c1-21-13-14-24(35-29-16-15-25(37(2)41)19-31(29)38(3)42)18-30(21)34-20-28-26-12-8-7-9-22(26)17-27(32(28)39)33(40)36-23-10-5-4-6-11-23/h4-20,35,39,41-42H,1-3H3,(H,36,40). The van der Waals surface area contributed by atoms with E-state index in [1.54, 1.807) is 42.6 Å². The Morgan fingerprint density at radius 2 is 1.57 bits per heavy atom. The average Bonchev–Trinajstić information content (AvgIpc) is 2.98. The molecule has 0 fully saturated rings. The second-order valence-electron chi connectivity index (χ2n) is 9.86. The van der Waals surface area contributed by atoms with Crippen molar-refractivity contribution in [2.75, 3.05) is 34.9 Å². The highest BCUT2D eigenvalue weighted by Crippen LogP contribution is 2.34. The average molecular weight is 562 g/mol. The number of aryl methyl sites for hydroxylation is 1. The van der Waals surface area contributed by atoms with Gasteiger partial charge in [-0.1, -0.05) is 48.5 Å². The molecule has 0 aromatic heterocycles. The summed E-state index contributed by atoms with van der Waals surface area (Å²) < 4.78 is 0. The lowest BCUT2D eigenvalue weighted by Gasteiger charge is -2.20. The van der Waals surface area contributed by atoms with Crippen LogP contribution in [-0.2, 0) is 0 Å². The van der Waals surface area contributed by atoms with Crippen LogP contribution in [0.2, 0.25) is 0 Å². The van der Waals surface area contributed by atoms with Gasteiger partial charge >= 0.3 is 0 Å². The molecule has 0 aliphatic heterocycles. The molecule has 0 saturated heterocycles. The van der Waals surface area contributed by atoms with Gasteiger partial charge < -0.3 is 15.7 Å². The van der Waals surface area contributed by atoms with Crippen molar-refractivity contribution in [3.63, 3.8) is 0 Å². The number of nitrogens with zero attached hydrogens (tertiary/aromatic N) is 3. The molecule has 212 valence electrons. The summed E-state index contributed by atoms with van der Waals surface area (Å²) in [5.74, 6) is -0.591. The van der Waals surface area contributed by atoms with E-state index in [4.69, 9.17) is 4.99 Å². The second-order valence-corrected chi connectivity index (χ2v) is 9.86. The molecule has 5 aromatic rings. The fraction of sp³-hybridized carbons (Fsp3) is 0.0909. The van der Waals surface area contributed by atoms with Gasteiger partial charge in [0.15, 0.2) is 0 Å². The fourth-order valence-corrected chi connectivity index (χ4v) is 4.60. The van der Waals surface area contributed by atoms with Crippen LogP contribution in [0.3, 0.4) is 0 Å². The van der Waals surface area contributed by atoms with Crippen LogP contribution in [0, 0.1) is 6.92 Å². The normalized spacial score (nSPS) is 11.1. The van der Waals surface area contributed by atoms with Crippen molar-refractivity contribution in [2.24, 2.45) is 4.99 Å². The van der Waals surface area contributed by atoms with E-state index in [1.807, 2.05) is 67.6 Å². The molecule has 9 nitrogen and oxygen atoms in total. The summed E-state index contributed by atoms with van der Waals surface area (Å²) in [5, 5.41) is 40.8. The number of phenolic OH excluding ortho intramolecular Hbond substituents is 1.